The van der Waals surface area contributed by atoms with Crippen molar-refractivity contribution in [2.24, 2.45) is 5.92 Å². The summed E-state index contributed by atoms with van der Waals surface area (Å²) in [7, 11) is -0.762. The highest BCUT2D eigenvalue weighted by molar-refractivity contribution is 7.85. The first-order valence-corrected chi connectivity index (χ1v) is 9.08. The van der Waals surface area contributed by atoms with Crippen LogP contribution in [0.25, 0.3) is 0 Å². The van der Waals surface area contributed by atoms with Gasteiger partial charge in [0.2, 0.25) is 0 Å². The van der Waals surface area contributed by atoms with Crippen LogP contribution in [0.1, 0.15) is 49.9 Å². The number of benzene rings is 1. The molecule has 20 heavy (non-hydrogen) atoms. The first-order chi connectivity index (χ1) is 9.43. The molecule has 0 heterocycles. The molecule has 0 radical (unpaired) electrons. The van der Waals surface area contributed by atoms with Gasteiger partial charge >= 0.3 is 0 Å². The van der Waals surface area contributed by atoms with Crippen molar-refractivity contribution in [1.82, 2.24) is 5.32 Å². The van der Waals surface area contributed by atoms with Crippen molar-refractivity contribution in [3.63, 3.8) is 0 Å². The van der Waals surface area contributed by atoms with E-state index in [0.717, 1.165) is 18.7 Å². The summed E-state index contributed by atoms with van der Waals surface area (Å²) in [5.41, 5.74) is 3.85. The lowest BCUT2D eigenvalue weighted by Gasteiger charge is -2.21. The van der Waals surface area contributed by atoms with Crippen LogP contribution in [0.5, 0.6) is 0 Å². The number of hydrogen-bond donors (Lipinski definition) is 1. The molecule has 1 aromatic carbocycles. The van der Waals surface area contributed by atoms with Crippen molar-refractivity contribution in [2.45, 2.75) is 47.1 Å². The Bertz CT molecular complexity index is 443. The zero-order valence-electron chi connectivity index (χ0n) is 13.5. The maximum absolute atomic E-state index is 12.3. The number of nitrogens with one attached hydrogen (secondary N) is 1. The molecule has 1 rings (SSSR count). The lowest BCUT2D eigenvalue weighted by atomic mass is 10.00. The third kappa shape index (κ3) is 5.76. The third-order valence-corrected chi connectivity index (χ3v) is 5.07. The minimum atomic E-state index is -0.762. The Balaban J connectivity index is 2.87. The van der Waals surface area contributed by atoms with Gasteiger partial charge in [0.25, 0.3) is 0 Å². The normalized spacial score (nSPS) is 14.5. The Hall–Kier alpha value is -0.670. The van der Waals surface area contributed by atoms with Crippen LogP contribution < -0.4 is 5.32 Å². The van der Waals surface area contributed by atoms with Gasteiger partial charge in [0.1, 0.15) is 0 Å². The number of rotatable bonds is 8. The highest BCUT2D eigenvalue weighted by atomic mass is 32.2. The average molecular weight is 295 g/mol. The molecule has 0 aliphatic carbocycles. The van der Waals surface area contributed by atoms with E-state index in [0.29, 0.717) is 11.7 Å². The highest BCUT2D eigenvalue weighted by Crippen LogP contribution is 2.21. The van der Waals surface area contributed by atoms with E-state index in [1.165, 1.54) is 16.7 Å². The minimum Gasteiger partial charge on any atom is -0.309 e. The fourth-order valence-corrected chi connectivity index (χ4v) is 3.89. The molecule has 0 saturated carbocycles. The van der Waals surface area contributed by atoms with E-state index in [-0.39, 0.29) is 6.04 Å². The topological polar surface area (TPSA) is 29.1 Å². The fourth-order valence-electron chi connectivity index (χ4n) is 2.34. The van der Waals surface area contributed by atoms with Gasteiger partial charge in [-0.3, -0.25) is 4.21 Å². The fraction of sp³-hybridized carbons (Fsp3) is 0.647. The molecular weight excluding hydrogens is 266 g/mol. The quantitative estimate of drug-likeness (QED) is 0.791. The van der Waals surface area contributed by atoms with Gasteiger partial charge in [-0.05, 0) is 43.9 Å². The van der Waals surface area contributed by atoms with Crippen LogP contribution >= 0.6 is 0 Å². The van der Waals surface area contributed by atoms with Crippen LogP contribution in [0.4, 0.5) is 0 Å². The number of aryl methyl sites for hydroxylation is 2. The van der Waals surface area contributed by atoms with Gasteiger partial charge in [-0.2, -0.15) is 0 Å². The Morgan fingerprint density at radius 2 is 1.90 bits per heavy atom. The molecule has 0 saturated heterocycles. The summed E-state index contributed by atoms with van der Waals surface area (Å²) in [5.74, 6) is 1.98. The second-order valence-corrected chi connectivity index (χ2v) is 7.58. The van der Waals surface area contributed by atoms with Gasteiger partial charge in [-0.15, -0.1) is 0 Å². The predicted octanol–water partition coefficient (Wildman–Crippen LogP) is 3.75. The zero-order valence-corrected chi connectivity index (χ0v) is 14.3. The predicted molar refractivity (Wildman–Crippen MR) is 89.7 cm³/mol. The van der Waals surface area contributed by atoms with E-state index < -0.39 is 10.8 Å². The molecule has 3 heteroatoms. The summed E-state index contributed by atoms with van der Waals surface area (Å²) in [5, 5.41) is 3.56. The van der Waals surface area contributed by atoms with Crippen LogP contribution in [0.2, 0.25) is 0 Å². The molecule has 0 spiro atoms. The maximum Gasteiger partial charge on any atom is 0.0439 e. The summed E-state index contributed by atoms with van der Waals surface area (Å²) >= 11 is 0. The molecule has 0 bridgehead atoms. The molecule has 2 unspecified atom stereocenters. The van der Waals surface area contributed by atoms with Gasteiger partial charge < -0.3 is 5.32 Å². The zero-order chi connectivity index (χ0) is 15.1. The van der Waals surface area contributed by atoms with E-state index in [1.54, 1.807) is 0 Å². The lowest BCUT2D eigenvalue weighted by Crippen LogP contribution is -2.29. The van der Waals surface area contributed by atoms with Crippen LogP contribution in [-0.2, 0) is 10.8 Å². The highest BCUT2D eigenvalue weighted by Gasteiger charge is 2.17. The van der Waals surface area contributed by atoms with Crippen molar-refractivity contribution in [2.75, 3.05) is 18.1 Å². The second kappa shape index (κ2) is 8.58. The second-order valence-electron chi connectivity index (χ2n) is 6.03. The van der Waals surface area contributed by atoms with E-state index in [9.17, 15) is 4.21 Å². The van der Waals surface area contributed by atoms with Gasteiger partial charge in [-0.1, -0.05) is 44.5 Å². The maximum atomic E-state index is 12.3. The van der Waals surface area contributed by atoms with Crippen molar-refractivity contribution >= 4 is 10.8 Å². The molecule has 2 nitrogen and oxygen atoms in total. The molecule has 0 aliphatic heterocycles. The van der Waals surface area contributed by atoms with Crippen molar-refractivity contribution in [1.29, 1.82) is 0 Å². The van der Waals surface area contributed by atoms with E-state index in [4.69, 9.17) is 0 Å². The summed E-state index contributed by atoms with van der Waals surface area (Å²) in [6.07, 6.45) is 1.10. The molecule has 0 aliphatic rings. The molecule has 1 N–H and O–H groups in total. The summed E-state index contributed by atoms with van der Waals surface area (Å²) in [4.78, 5) is 0. The standard InChI is InChI=1S/C17H29NOS/c1-6-9-18-17(12-20(19)11-13(2)3)16-10-14(4)7-8-15(16)5/h7-8,10,13,17-18H,6,9,11-12H2,1-5H3. The van der Waals surface area contributed by atoms with Crippen LogP contribution in [0, 0.1) is 19.8 Å². The first kappa shape index (κ1) is 17.4. The SMILES string of the molecule is CCCNC(CS(=O)CC(C)C)c1cc(C)ccc1C. The van der Waals surface area contributed by atoms with E-state index >= 15 is 0 Å². The van der Waals surface area contributed by atoms with E-state index in [1.807, 2.05) is 0 Å². The monoisotopic (exact) mass is 295 g/mol. The minimum absolute atomic E-state index is 0.203. The van der Waals surface area contributed by atoms with Crippen molar-refractivity contribution < 1.29 is 4.21 Å². The Kier molecular flexibility index (Phi) is 7.46. The Labute approximate surface area is 126 Å². The molecular formula is C17H29NOS. The van der Waals surface area contributed by atoms with Gasteiger partial charge in [0, 0.05) is 28.3 Å². The average Bonchev–Trinajstić information content (AvgIpc) is 2.36. The molecule has 1 aromatic rings. The van der Waals surface area contributed by atoms with Crippen molar-refractivity contribution in [3.05, 3.63) is 34.9 Å². The van der Waals surface area contributed by atoms with Gasteiger partial charge in [-0.25, -0.2) is 0 Å². The molecule has 2 atom stereocenters. The third-order valence-electron chi connectivity index (χ3n) is 3.32. The lowest BCUT2D eigenvalue weighted by molar-refractivity contribution is 0.565. The first-order valence-electron chi connectivity index (χ1n) is 7.59. The van der Waals surface area contributed by atoms with Gasteiger partial charge in [0.05, 0.1) is 0 Å². The van der Waals surface area contributed by atoms with Gasteiger partial charge in [0.15, 0.2) is 0 Å². The number of hydrogen-bond acceptors (Lipinski definition) is 2. The van der Waals surface area contributed by atoms with Crippen LogP contribution in [-0.4, -0.2) is 22.3 Å². The summed E-state index contributed by atoms with van der Waals surface area (Å²) in [6, 6.07) is 6.74. The van der Waals surface area contributed by atoms with Crippen LogP contribution in [0.15, 0.2) is 18.2 Å². The molecule has 0 amide bonds. The van der Waals surface area contributed by atoms with Crippen LogP contribution in [0.3, 0.4) is 0 Å². The molecule has 0 fully saturated rings. The molecule has 0 aromatic heterocycles. The summed E-state index contributed by atoms with van der Waals surface area (Å²) in [6.45, 7) is 11.6. The Morgan fingerprint density at radius 1 is 1.20 bits per heavy atom. The van der Waals surface area contributed by atoms with E-state index in [2.05, 4.69) is 58.1 Å². The largest absolute Gasteiger partial charge is 0.309 e. The Morgan fingerprint density at radius 3 is 2.50 bits per heavy atom. The smallest absolute Gasteiger partial charge is 0.0439 e. The van der Waals surface area contributed by atoms with Crippen molar-refractivity contribution in [3.8, 4) is 0 Å². The summed E-state index contributed by atoms with van der Waals surface area (Å²) < 4.78 is 12.3. The molecule has 114 valence electrons.